The number of carbonyl (C=O) groups is 2. The van der Waals surface area contributed by atoms with Crippen molar-refractivity contribution in [2.75, 3.05) is 0 Å². The molecule has 1 rings (SSSR count). The summed E-state index contributed by atoms with van der Waals surface area (Å²) in [6, 6.07) is -1.30. The van der Waals surface area contributed by atoms with Crippen LogP contribution in [-0.2, 0) is 4.79 Å². The van der Waals surface area contributed by atoms with Crippen LogP contribution in [0.1, 0.15) is 34.1 Å². The van der Waals surface area contributed by atoms with Crippen molar-refractivity contribution in [2.45, 2.75) is 46.2 Å². The topological polar surface area (TPSA) is 78.4 Å². The van der Waals surface area contributed by atoms with Gasteiger partial charge in [0.1, 0.15) is 6.04 Å². The van der Waals surface area contributed by atoms with Gasteiger partial charge in [-0.15, -0.1) is 6.58 Å². The van der Waals surface area contributed by atoms with Crippen LogP contribution in [0.5, 0.6) is 0 Å². The number of carbonyl (C=O) groups excluding carboxylic acids is 1. The van der Waals surface area contributed by atoms with Crippen LogP contribution in [0.15, 0.2) is 12.7 Å². The Hall–Kier alpha value is -1.52. The lowest BCUT2D eigenvalue weighted by Crippen LogP contribution is -2.47. The number of amides is 2. The van der Waals surface area contributed by atoms with E-state index in [-0.39, 0.29) is 23.3 Å². The van der Waals surface area contributed by atoms with E-state index in [0.29, 0.717) is 0 Å². The lowest BCUT2D eigenvalue weighted by atomic mass is 10.0. The Kier molecular flexibility index (Phi) is 3.74. The Morgan fingerprint density at radius 2 is 1.83 bits per heavy atom. The average Bonchev–Trinajstić information content (AvgIpc) is 2.60. The molecule has 5 heteroatoms. The molecule has 1 fully saturated rings. The first-order valence-corrected chi connectivity index (χ1v) is 6.05. The molecule has 0 aromatic rings. The smallest absolute Gasteiger partial charge is 0.326 e. The predicted octanol–water partition coefficient (Wildman–Crippen LogP) is 1.75. The molecule has 0 saturated heterocycles. The molecule has 0 aromatic heterocycles. The first-order chi connectivity index (χ1) is 8.14. The largest absolute Gasteiger partial charge is 0.480 e. The number of rotatable bonds is 5. The third-order valence-corrected chi connectivity index (χ3v) is 4.30. The van der Waals surface area contributed by atoms with Crippen molar-refractivity contribution in [3.63, 3.8) is 0 Å². The summed E-state index contributed by atoms with van der Waals surface area (Å²) in [5.41, 5.74) is 0.0585. The van der Waals surface area contributed by atoms with E-state index in [1.807, 2.05) is 0 Å². The maximum atomic E-state index is 11.7. The minimum absolute atomic E-state index is 0.0293. The highest BCUT2D eigenvalue weighted by atomic mass is 16.4. The third kappa shape index (κ3) is 2.49. The van der Waals surface area contributed by atoms with Crippen molar-refractivity contribution in [3.8, 4) is 0 Å². The fourth-order valence-electron chi connectivity index (χ4n) is 2.28. The van der Waals surface area contributed by atoms with Crippen molar-refractivity contribution >= 4 is 12.0 Å². The Morgan fingerprint density at radius 3 is 2.17 bits per heavy atom. The van der Waals surface area contributed by atoms with Gasteiger partial charge in [-0.05, 0) is 17.3 Å². The van der Waals surface area contributed by atoms with Gasteiger partial charge in [0.2, 0.25) is 0 Å². The van der Waals surface area contributed by atoms with Crippen LogP contribution in [0.3, 0.4) is 0 Å². The molecule has 102 valence electrons. The van der Waals surface area contributed by atoms with Crippen molar-refractivity contribution < 1.29 is 14.7 Å². The van der Waals surface area contributed by atoms with Gasteiger partial charge in [0.25, 0.3) is 0 Å². The summed E-state index contributed by atoms with van der Waals surface area (Å²) in [6.07, 6.45) is 1.68. The molecule has 0 bridgehead atoms. The van der Waals surface area contributed by atoms with E-state index in [0.717, 1.165) is 0 Å². The molecule has 1 aliphatic rings. The van der Waals surface area contributed by atoms with Crippen LogP contribution >= 0.6 is 0 Å². The molecule has 1 atom stereocenters. The van der Waals surface area contributed by atoms with Gasteiger partial charge < -0.3 is 15.7 Å². The molecular weight excluding hydrogens is 232 g/mol. The zero-order valence-corrected chi connectivity index (χ0v) is 11.4. The summed E-state index contributed by atoms with van der Waals surface area (Å²) in [7, 11) is 0. The van der Waals surface area contributed by atoms with E-state index in [9.17, 15) is 9.59 Å². The minimum Gasteiger partial charge on any atom is -0.480 e. The van der Waals surface area contributed by atoms with E-state index >= 15 is 0 Å². The maximum Gasteiger partial charge on any atom is 0.326 e. The van der Waals surface area contributed by atoms with Crippen LogP contribution in [0, 0.1) is 10.8 Å². The number of nitrogens with one attached hydrogen (secondary N) is 2. The van der Waals surface area contributed by atoms with Gasteiger partial charge in [0.15, 0.2) is 0 Å². The molecule has 1 saturated carbocycles. The third-order valence-electron chi connectivity index (χ3n) is 4.30. The van der Waals surface area contributed by atoms with Crippen molar-refractivity contribution in [1.82, 2.24) is 10.6 Å². The molecule has 2 amide bonds. The molecule has 0 heterocycles. The summed E-state index contributed by atoms with van der Waals surface area (Å²) in [4.78, 5) is 22.6. The lowest BCUT2D eigenvalue weighted by Gasteiger charge is -2.14. The maximum absolute atomic E-state index is 11.7. The summed E-state index contributed by atoms with van der Waals surface area (Å²) in [5.74, 6) is -1.06. The summed E-state index contributed by atoms with van der Waals surface area (Å²) in [5, 5.41) is 14.2. The molecule has 0 radical (unpaired) electrons. The first kappa shape index (κ1) is 14.5. The van der Waals surface area contributed by atoms with Crippen LogP contribution in [0.25, 0.3) is 0 Å². The lowest BCUT2D eigenvalue weighted by molar-refractivity contribution is -0.139. The van der Waals surface area contributed by atoms with Crippen molar-refractivity contribution in [1.29, 1.82) is 0 Å². The predicted molar refractivity (Wildman–Crippen MR) is 69.3 cm³/mol. The van der Waals surface area contributed by atoms with E-state index in [2.05, 4.69) is 44.9 Å². The summed E-state index contributed by atoms with van der Waals surface area (Å²) >= 11 is 0. The molecule has 5 nitrogen and oxygen atoms in total. The van der Waals surface area contributed by atoms with Gasteiger partial charge in [-0.3, -0.25) is 0 Å². The number of carboxylic acids is 1. The quantitative estimate of drug-likeness (QED) is 0.654. The van der Waals surface area contributed by atoms with Gasteiger partial charge in [-0.2, -0.15) is 0 Å². The Bertz CT molecular complexity index is 360. The number of hydrogen-bond acceptors (Lipinski definition) is 2. The van der Waals surface area contributed by atoms with Crippen LogP contribution in [0.4, 0.5) is 4.79 Å². The number of aliphatic carboxylic acids is 1. The highest BCUT2D eigenvalue weighted by Gasteiger charge is 2.65. The highest BCUT2D eigenvalue weighted by Crippen LogP contribution is 2.62. The molecule has 1 unspecified atom stereocenters. The highest BCUT2D eigenvalue weighted by molar-refractivity contribution is 5.83. The summed E-state index contributed by atoms with van der Waals surface area (Å²) in [6.45, 7) is 11.8. The van der Waals surface area contributed by atoms with Crippen molar-refractivity contribution in [2.24, 2.45) is 10.8 Å². The Morgan fingerprint density at radius 1 is 1.33 bits per heavy atom. The molecule has 0 aliphatic heterocycles. The molecule has 1 aliphatic carbocycles. The van der Waals surface area contributed by atoms with Crippen LogP contribution in [-0.4, -0.2) is 29.2 Å². The fraction of sp³-hybridized carbons (Fsp3) is 0.692. The Labute approximate surface area is 108 Å². The van der Waals surface area contributed by atoms with Gasteiger partial charge in [0.05, 0.1) is 0 Å². The molecule has 18 heavy (non-hydrogen) atoms. The van der Waals surface area contributed by atoms with E-state index in [1.54, 1.807) is 0 Å². The normalized spacial score (nSPS) is 21.8. The van der Waals surface area contributed by atoms with Crippen LogP contribution < -0.4 is 10.6 Å². The fourth-order valence-corrected chi connectivity index (χ4v) is 2.28. The molecule has 0 spiro atoms. The Balaban J connectivity index is 2.53. The van der Waals surface area contributed by atoms with Crippen molar-refractivity contribution in [3.05, 3.63) is 12.7 Å². The second-order valence-electron chi connectivity index (χ2n) is 5.91. The second kappa shape index (κ2) is 4.63. The van der Waals surface area contributed by atoms with Gasteiger partial charge in [0, 0.05) is 6.04 Å². The van der Waals surface area contributed by atoms with Crippen LogP contribution in [0.2, 0.25) is 0 Å². The molecule has 3 N–H and O–H groups in total. The molecular formula is C13H22N2O3. The van der Waals surface area contributed by atoms with E-state index in [1.165, 1.54) is 6.08 Å². The summed E-state index contributed by atoms with van der Waals surface area (Å²) < 4.78 is 0. The van der Waals surface area contributed by atoms with Gasteiger partial charge in [-0.25, -0.2) is 9.59 Å². The number of hydrogen-bond donors (Lipinski definition) is 3. The van der Waals surface area contributed by atoms with E-state index < -0.39 is 18.0 Å². The van der Waals surface area contributed by atoms with Gasteiger partial charge in [-0.1, -0.05) is 33.8 Å². The van der Waals surface area contributed by atoms with Gasteiger partial charge >= 0.3 is 12.0 Å². The average molecular weight is 254 g/mol. The molecule has 0 aromatic carbocycles. The zero-order valence-electron chi connectivity index (χ0n) is 11.4. The monoisotopic (exact) mass is 254 g/mol. The zero-order chi connectivity index (χ0) is 14.1. The minimum atomic E-state index is -1.06. The standard InChI is InChI=1S/C13H22N2O3/c1-6-7-8(9(16)17)14-11(18)15-10-12(2,3)13(10,4)5/h6,8,10H,1,7H2,2-5H3,(H,16,17)(H2,14,15,18). The first-order valence-electron chi connectivity index (χ1n) is 6.05. The van der Waals surface area contributed by atoms with E-state index in [4.69, 9.17) is 5.11 Å². The number of carboxylic acid groups (broad SMARTS) is 1. The SMILES string of the molecule is C=CCC(NC(=O)NC1C(C)(C)C1(C)C)C(=O)O. The second-order valence-corrected chi connectivity index (χ2v) is 5.91. The number of urea groups is 1.